The van der Waals surface area contributed by atoms with Crippen molar-refractivity contribution in [3.05, 3.63) is 54.1 Å². The quantitative estimate of drug-likeness (QED) is 0.661. The van der Waals surface area contributed by atoms with Crippen molar-refractivity contribution in [2.75, 3.05) is 32.2 Å². The van der Waals surface area contributed by atoms with Crippen LogP contribution < -0.4 is 19.7 Å². The van der Waals surface area contributed by atoms with Crippen molar-refractivity contribution in [1.82, 2.24) is 5.32 Å². The van der Waals surface area contributed by atoms with Crippen LogP contribution in [0.2, 0.25) is 0 Å². The molecule has 2 aromatic carbocycles. The number of nitrogens with one attached hydrogen (secondary N) is 1. The number of amides is 1. The van der Waals surface area contributed by atoms with Gasteiger partial charge in [-0.1, -0.05) is 37.6 Å². The van der Waals surface area contributed by atoms with Gasteiger partial charge in [0.2, 0.25) is 5.91 Å². The van der Waals surface area contributed by atoms with Crippen LogP contribution in [0.1, 0.15) is 25.3 Å². The normalized spacial score (nSPS) is 10.3. The third kappa shape index (κ3) is 5.99. The van der Waals surface area contributed by atoms with Gasteiger partial charge in [-0.15, -0.1) is 0 Å². The van der Waals surface area contributed by atoms with Crippen molar-refractivity contribution in [3.8, 4) is 11.5 Å². The van der Waals surface area contributed by atoms with Gasteiger partial charge in [-0.05, 0) is 36.2 Å². The number of likely N-dealkylation sites (N-methyl/N-ethyl adjacent to an activating group) is 1. The minimum absolute atomic E-state index is 0.0291. The predicted octanol–water partition coefficient (Wildman–Crippen LogP) is 3.63. The van der Waals surface area contributed by atoms with Crippen LogP contribution in [0.4, 0.5) is 5.69 Å². The number of hydrogen-bond acceptors (Lipinski definition) is 4. The van der Waals surface area contributed by atoms with Crippen LogP contribution in [-0.4, -0.2) is 33.2 Å². The molecule has 2 rings (SSSR count). The Labute approximate surface area is 155 Å². The van der Waals surface area contributed by atoms with Gasteiger partial charge in [0.1, 0.15) is 0 Å². The summed E-state index contributed by atoms with van der Waals surface area (Å²) in [4.78, 5) is 14.1. The lowest BCUT2D eigenvalue weighted by Crippen LogP contribution is -2.34. The molecule has 0 aromatic heterocycles. The average Bonchev–Trinajstić information content (AvgIpc) is 2.67. The highest BCUT2D eigenvalue weighted by molar-refractivity contribution is 5.81. The van der Waals surface area contributed by atoms with E-state index in [0.717, 1.165) is 29.8 Å². The molecular formula is C21H28N2O3. The largest absolute Gasteiger partial charge is 0.493 e. The molecule has 0 aliphatic carbocycles. The molecule has 0 atom stereocenters. The Morgan fingerprint density at radius 2 is 1.88 bits per heavy atom. The van der Waals surface area contributed by atoms with Crippen LogP contribution in [0.5, 0.6) is 11.5 Å². The van der Waals surface area contributed by atoms with E-state index in [-0.39, 0.29) is 5.91 Å². The summed E-state index contributed by atoms with van der Waals surface area (Å²) in [6, 6.07) is 15.6. The van der Waals surface area contributed by atoms with Crippen molar-refractivity contribution in [2.45, 2.75) is 26.3 Å². The Morgan fingerprint density at radius 3 is 2.58 bits per heavy atom. The van der Waals surface area contributed by atoms with E-state index >= 15 is 0 Å². The standard InChI is InChI=1S/C21H28N2O3/c1-4-5-13-26-19-12-11-17(14-20(19)25-3)15-22-21(24)16-23(2)18-9-7-6-8-10-18/h6-12,14H,4-5,13,15-16H2,1-3H3,(H,22,24). The first-order valence-electron chi connectivity index (χ1n) is 8.96. The zero-order valence-electron chi connectivity index (χ0n) is 15.8. The van der Waals surface area contributed by atoms with Crippen LogP contribution in [0.25, 0.3) is 0 Å². The van der Waals surface area contributed by atoms with Crippen molar-refractivity contribution in [1.29, 1.82) is 0 Å². The molecule has 0 aliphatic rings. The summed E-state index contributed by atoms with van der Waals surface area (Å²) < 4.78 is 11.1. The predicted molar refractivity (Wildman–Crippen MR) is 105 cm³/mol. The van der Waals surface area contributed by atoms with E-state index in [2.05, 4.69) is 12.2 Å². The summed E-state index contributed by atoms with van der Waals surface area (Å²) >= 11 is 0. The van der Waals surface area contributed by atoms with Crippen LogP contribution in [0, 0.1) is 0 Å². The van der Waals surface area contributed by atoms with E-state index in [9.17, 15) is 4.79 Å². The summed E-state index contributed by atoms with van der Waals surface area (Å²) in [6.07, 6.45) is 2.10. The van der Waals surface area contributed by atoms with Crippen molar-refractivity contribution in [2.24, 2.45) is 0 Å². The highest BCUT2D eigenvalue weighted by Gasteiger charge is 2.09. The Balaban J connectivity index is 1.87. The van der Waals surface area contributed by atoms with Gasteiger partial charge >= 0.3 is 0 Å². The van der Waals surface area contributed by atoms with Crippen LogP contribution in [-0.2, 0) is 11.3 Å². The first-order valence-corrected chi connectivity index (χ1v) is 8.96. The van der Waals surface area contributed by atoms with Gasteiger partial charge < -0.3 is 19.7 Å². The van der Waals surface area contributed by atoms with E-state index in [1.807, 2.05) is 60.5 Å². The molecule has 2 aromatic rings. The number of hydrogen-bond donors (Lipinski definition) is 1. The lowest BCUT2D eigenvalue weighted by molar-refractivity contribution is -0.119. The van der Waals surface area contributed by atoms with E-state index in [4.69, 9.17) is 9.47 Å². The maximum Gasteiger partial charge on any atom is 0.239 e. The lowest BCUT2D eigenvalue weighted by atomic mass is 10.2. The van der Waals surface area contributed by atoms with Gasteiger partial charge in [0.25, 0.3) is 0 Å². The van der Waals surface area contributed by atoms with Crippen molar-refractivity contribution >= 4 is 11.6 Å². The number of unbranched alkanes of at least 4 members (excludes halogenated alkanes) is 1. The second kappa shape index (κ2) is 10.3. The fourth-order valence-corrected chi connectivity index (χ4v) is 2.51. The third-order valence-corrected chi connectivity index (χ3v) is 4.05. The molecule has 5 heteroatoms. The molecule has 140 valence electrons. The van der Waals surface area contributed by atoms with Crippen LogP contribution >= 0.6 is 0 Å². The summed E-state index contributed by atoms with van der Waals surface area (Å²) in [5.41, 5.74) is 1.98. The topological polar surface area (TPSA) is 50.8 Å². The molecule has 26 heavy (non-hydrogen) atoms. The number of methoxy groups -OCH3 is 1. The molecule has 0 fully saturated rings. The molecular weight excluding hydrogens is 328 g/mol. The van der Waals surface area contributed by atoms with Gasteiger partial charge in [0.15, 0.2) is 11.5 Å². The summed E-state index contributed by atoms with van der Waals surface area (Å²) in [6.45, 7) is 3.56. The average molecular weight is 356 g/mol. The smallest absolute Gasteiger partial charge is 0.239 e. The second-order valence-electron chi connectivity index (χ2n) is 6.16. The first-order chi connectivity index (χ1) is 12.6. The molecule has 0 heterocycles. The zero-order chi connectivity index (χ0) is 18.8. The second-order valence-corrected chi connectivity index (χ2v) is 6.16. The molecule has 0 saturated carbocycles. The molecule has 0 aliphatic heterocycles. The number of nitrogens with zero attached hydrogens (tertiary/aromatic N) is 1. The highest BCUT2D eigenvalue weighted by atomic mass is 16.5. The number of carbonyl (C=O) groups excluding carboxylic acids is 1. The minimum Gasteiger partial charge on any atom is -0.493 e. The molecule has 0 unspecified atom stereocenters. The van der Waals surface area contributed by atoms with E-state index in [1.165, 1.54) is 0 Å². The van der Waals surface area contributed by atoms with Gasteiger partial charge in [0, 0.05) is 19.3 Å². The molecule has 0 bridgehead atoms. The maximum absolute atomic E-state index is 12.2. The summed E-state index contributed by atoms with van der Waals surface area (Å²) in [5.74, 6) is 1.40. The maximum atomic E-state index is 12.2. The number of rotatable bonds is 10. The van der Waals surface area contributed by atoms with E-state index in [1.54, 1.807) is 7.11 Å². The minimum atomic E-state index is -0.0291. The highest BCUT2D eigenvalue weighted by Crippen LogP contribution is 2.28. The summed E-state index contributed by atoms with van der Waals surface area (Å²) in [5, 5.41) is 2.95. The number of ether oxygens (including phenoxy) is 2. The monoisotopic (exact) mass is 356 g/mol. The molecule has 0 saturated heterocycles. The van der Waals surface area contributed by atoms with Crippen molar-refractivity contribution in [3.63, 3.8) is 0 Å². The van der Waals surface area contributed by atoms with Crippen LogP contribution in [0.3, 0.4) is 0 Å². The summed E-state index contributed by atoms with van der Waals surface area (Å²) in [7, 11) is 3.53. The SMILES string of the molecule is CCCCOc1ccc(CNC(=O)CN(C)c2ccccc2)cc1OC. The first kappa shape index (κ1) is 19.6. The number of carbonyl (C=O) groups is 1. The zero-order valence-corrected chi connectivity index (χ0v) is 15.8. The van der Waals surface area contributed by atoms with E-state index in [0.29, 0.717) is 25.4 Å². The molecule has 0 radical (unpaired) electrons. The van der Waals surface area contributed by atoms with E-state index < -0.39 is 0 Å². The van der Waals surface area contributed by atoms with Crippen LogP contribution in [0.15, 0.2) is 48.5 Å². The molecule has 0 spiro atoms. The van der Waals surface area contributed by atoms with Crippen molar-refractivity contribution < 1.29 is 14.3 Å². The fourth-order valence-electron chi connectivity index (χ4n) is 2.51. The van der Waals surface area contributed by atoms with Gasteiger partial charge in [-0.25, -0.2) is 0 Å². The Hall–Kier alpha value is -2.69. The molecule has 1 amide bonds. The number of para-hydroxylation sites is 1. The number of benzene rings is 2. The van der Waals surface area contributed by atoms with Gasteiger partial charge in [-0.2, -0.15) is 0 Å². The van der Waals surface area contributed by atoms with Gasteiger partial charge in [-0.3, -0.25) is 4.79 Å². The molecule has 1 N–H and O–H groups in total. The Bertz CT molecular complexity index is 689. The number of anilines is 1. The Kier molecular flexibility index (Phi) is 7.80. The van der Waals surface area contributed by atoms with Gasteiger partial charge in [0.05, 0.1) is 20.3 Å². The third-order valence-electron chi connectivity index (χ3n) is 4.05. The molecule has 5 nitrogen and oxygen atoms in total. The fraction of sp³-hybridized carbons (Fsp3) is 0.381. The Morgan fingerprint density at radius 1 is 1.12 bits per heavy atom. The lowest BCUT2D eigenvalue weighted by Gasteiger charge is -2.18.